The zero-order valence-electron chi connectivity index (χ0n) is 12.6. The number of nitrogens with two attached hydrogens (primary N) is 1. The number of ether oxygens (including phenoxy) is 1. The second-order valence-electron chi connectivity index (χ2n) is 4.70. The van der Waals surface area contributed by atoms with Crippen molar-refractivity contribution in [3.63, 3.8) is 0 Å². The Kier molecular flexibility index (Phi) is 6.90. The summed E-state index contributed by atoms with van der Waals surface area (Å²) in [6, 6.07) is 2.67. The lowest BCUT2D eigenvalue weighted by Gasteiger charge is -2.16. The molecule has 0 saturated carbocycles. The number of nitro benzene ring substituents is 1. The monoisotopic (exact) mass is 327 g/mol. The summed E-state index contributed by atoms with van der Waals surface area (Å²) < 4.78 is 4.99. The lowest BCUT2D eigenvalue weighted by Crippen LogP contribution is -2.95. The van der Waals surface area contributed by atoms with E-state index < -0.39 is 22.8 Å². The molecule has 0 fully saturated rings. The molecule has 0 aromatic heterocycles. The Hall–Kier alpha value is -2.72. The largest absolute Gasteiger partial charge is 0.544 e. The van der Waals surface area contributed by atoms with Crippen molar-refractivity contribution >= 4 is 23.3 Å². The summed E-state index contributed by atoms with van der Waals surface area (Å²) in [5.74, 6) is -1.80. The average molecular weight is 327 g/mol. The number of carboxylic acids is 1. The van der Waals surface area contributed by atoms with Gasteiger partial charge in [0.2, 0.25) is 5.91 Å². The molecule has 126 valence electrons. The van der Waals surface area contributed by atoms with Gasteiger partial charge in [0.05, 0.1) is 36.2 Å². The summed E-state index contributed by atoms with van der Waals surface area (Å²) in [7, 11) is 1.31. The first-order valence-corrected chi connectivity index (χ1v) is 6.84. The number of hydrogen-bond acceptors (Lipinski definition) is 6. The standard InChI is InChI=1S/C13H18N4O6/c1-23-11-6-8(17(21)22)2-3-9(11)16-12(18)7-10(13(19)20)15-5-4-14/h2-3,6,10,15H,4-5,7,14H2,1H3,(H,16,18)(H,19,20)/p+1/t10-/m1/s1. The minimum atomic E-state index is -1.34. The minimum absolute atomic E-state index is 0.110. The molecule has 0 heterocycles. The molecule has 1 aromatic rings. The summed E-state index contributed by atoms with van der Waals surface area (Å²) in [4.78, 5) is 33.1. The van der Waals surface area contributed by atoms with E-state index in [1.807, 2.05) is 0 Å². The SMILES string of the molecule is COc1cc([N+](=O)[O-])ccc1NC(=O)C[C@@H]([NH2+]CC[NH3+])C(=O)[O-]. The van der Waals surface area contributed by atoms with Gasteiger partial charge in [-0.3, -0.25) is 14.9 Å². The number of nitrogens with one attached hydrogen (secondary N) is 1. The minimum Gasteiger partial charge on any atom is -0.544 e. The van der Waals surface area contributed by atoms with Crippen molar-refractivity contribution in [3.8, 4) is 5.75 Å². The predicted molar refractivity (Wildman–Crippen MR) is 76.2 cm³/mol. The van der Waals surface area contributed by atoms with E-state index in [4.69, 9.17) is 4.74 Å². The molecule has 6 N–H and O–H groups in total. The normalized spacial score (nSPS) is 11.6. The Morgan fingerprint density at radius 2 is 2.17 bits per heavy atom. The molecule has 0 aliphatic carbocycles. The predicted octanol–water partition coefficient (Wildman–Crippen LogP) is -3.14. The molecular weight excluding hydrogens is 308 g/mol. The van der Waals surface area contributed by atoms with Gasteiger partial charge in [0, 0.05) is 6.07 Å². The second-order valence-corrected chi connectivity index (χ2v) is 4.70. The molecule has 23 heavy (non-hydrogen) atoms. The molecule has 1 atom stereocenters. The molecule has 0 spiro atoms. The van der Waals surface area contributed by atoms with E-state index in [9.17, 15) is 24.8 Å². The number of quaternary nitrogens is 2. The van der Waals surface area contributed by atoms with Crippen LogP contribution >= 0.6 is 0 Å². The first kappa shape index (κ1) is 18.3. The van der Waals surface area contributed by atoms with Crippen molar-refractivity contribution < 1.29 is 35.4 Å². The quantitative estimate of drug-likeness (QED) is 0.320. The van der Waals surface area contributed by atoms with Crippen LogP contribution in [0.25, 0.3) is 0 Å². The molecule has 0 aliphatic heterocycles. The van der Waals surface area contributed by atoms with Crippen molar-refractivity contribution in [1.82, 2.24) is 0 Å². The highest BCUT2D eigenvalue weighted by molar-refractivity contribution is 5.94. The molecule has 10 heteroatoms. The number of methoxy groups -OCH3 is 1. The van der Waals surface area contributed by atoms with Gasteiger partial charge in [-0.1, -0.05) is 0 Å². The Morgan fingerprint density at radius 3 is 2.70 bits per heavy atom. The average Bonchev–Trinajstić information content (AvgIpc) is 2.51. The molecule has 0 aliphatic rings. The molecule has 1 aromatic carbocycles. The number of rotatable bonds is 9. The number of benzene rings is 1. The van der Waals surface area contributed by atoms with Crippen LogP contribution in [0.1, 0.15) is 6.42 Å². The fraction of sp³-hybridized carbons (Fsp3) is 0.385. The van der Waals surface area contributed by atoms with Crippen LogP contribution < -0.4 is 26.2 Å². The lowest BCUT2D eigenvalue weighted by atomic mass is 10.2. The molecule has 1 amide bonds. The van der Waals surface area contributed by atoms with Gasteiger partial charge < -0.3 is 31.0 Å². The van der Waals surface area contributed by atoms with E-state index in [-0.39, 0.29) is 23.5 Å². The number of hydrogen-bond donors (Lipinski definition) is 3. The van der Waals surface area contributed by atoms with Crippen molar-refractivity contribution in [1.29, 1.82) is 0 Å². The molecule has 0 radical (unpaired) electrons. The third-order valence-corrected chi connectivity index (χ3v) is 3.03. The first-order chi connectivity index (χ1) is 10.9. The molecule has 0 unspecified atom stereocenters. The third kappa shape index (κ3) is 5.52. The van der Waals surface area contributed by atoms with Crippen LogP contribution in [0.4, 0.5) is 11.4 Å². The zero-order valence-corrected chi connectivity index (χ0v) is 12.6. The number of carbonyl (C=O) groups excluding carboxylic acids is 2. The van der Waals surface area contributed by atoms with Crippen molar-refractivity contribution in [2.45, 2.75) is 12.5 Å². The molecule has 0 saturated heterocycles. The van der Waals surface area contributed by atoms with E-state index in [0.29, 0.717) is 13.1 Å². The van der Waals surface area contributed by atoms with Crippen molar-refractivity contribution in [2.75, 3.05) is 25.5 Å². The topological polar surface area (TPSA) is 166 Å². The number of aliphatic carboxylic acids is 1. The maximum Gasteiger partial charge on any atom is 0.273 e. The van der Waals surface area contributed by atoms with Gasteiger partial charge in [-0.2, -0.15) is 0 Å². The number of non-ortho nitro benzene ring substituents is 1. The summed E-state index contributed by atoms with van der Waals surface area (Å²) in [6.45, 7) is 0.967. The van der Waals surface area contributed by atoms with Crippen LogP contribution in [0.2, 0.25) is 0 Å². The van der Waals surface area contributed by atoms with Gasteiger partial charge in [0.15, 0.2) is 0 Å². The summed E-state index contributed by atoms with van der Waals surface area (Å²) in [6.07, 6.45) is -0.303. The number of anilines is 1. The van der Waals surface area contributed by atoms with E-state index in [1.165, 1.54) is 30.6 Å². The Bertz CT molecular complexity index is 592. The van der Waals surface area contributed by atoms with Crippen LogP contribution in [0.3, 0.4) is 0 Å². The number of amides is 1. The fourth-order valence-corrected chi connectivity index (χ4v) is 1.88. The van der Waals surface area contributed by atoms with Crippen LogP contribution in [0.5, 0.6) is 5.75 Å². The molecular formula is C13H19N4O6+. The summed E-state index contributed by atoms with van der Waals surface area (Å²) >= 11 is 0. The number of nitro groups is 1. The Labute approximate surface area is 131 Å². The van der Waals surface area contributed by atoms with Gasteiger partial charge in [0.25, 0.3) is 5.69 Å². The summed E-state index contributed by atoms with van der Waals surface area (Å²) in [5, 5.41) is 25.6. The zero-order chi connectivity index (χ0) is 17.4. The maximum atomic E-state index is 12.0. The molecule has 0 bridgehead atoms. The maximum absolute atomic E-state index is 12.0. The third-order valence-electron chi connectivity index (χ3n) is 3.03. The first-order valence-electron chi connectivity index (χ1n) is 6.84. The smallest absolute Gasteiger partial charge is 0.273 e. The van der Waals surface area contributed by atoms with Crippen LogP contribution in [-0.4, -0.2) is 43.0 Å². The highest BCUT2D eigenvalue weighted by Gasteiger charge is 2.20. The number of nitrogens with zero attached hydrogens (tertiary/aromatic N) is 1. The Balaban J connectivity index is 2.79. The van der Waals surface area contributed by atoms with Gasteiger partial charge >= 0.3 is 0 Å². The molecule has 1 rings (SSSR count). The van der Waals surface area contributed by atoms with Gasteiger partial charge in [-0.05, 0) is 6.07 Å². The lowest BCUT2D eigenvalue weighted by molar-refractivity contribution is -0.695. The van der Waals surface area contributed by atoms with E-state index in [2.05, 4.69) is 11.1 Å². The van der Waals surface area contributed by atoms with Crippen LogP contribution in [-0.2, 0) is 9.59 Å². The number of carbonyl (C=O) groups is 2. The van der Waals surface area contributed by atoms with Gasteiger partial charge in [0.1, 0.15) is 24.9 Å². The second kappa shape index (κ2) is 8.66. The summed E-state index contributed by atoms with van der Waals surface area (Å²) in [5.41, 5.74) is 3.63. The van der Waals surface area contributed by atoms with Gasteiger partial charge in [-0.15, -0.1) is 0 Å². The Morgan fingerprint density at radius 1 is 1.48 bits per heavy atom. The van der Waals surface area contributed by atoms with Crippen molar-refractivity contribution in [2.24, 2.45) is 0 Å². The highest BCUT2D eigenvalue weighted by atomic mass is 16.6. The van der Waals surface area contributed by atoms with Crippen LogP contribution in [0.15, 0.2) is 18.2 Å². The number of carboxylic acid groups (broad SMARTS) is 1. The fourth-order valence-electron chi connectivity index (χ4n) is 1.88. The van der Waals surface area contributed by atoms with Gasteiger partial charge in [-0.25, -0.2) is 0 Å². The molecule has 10 nitrogen and oxygen atoms in total. The van der Waals surface area contributed by atoms with E-state index in [1.54, 1.807) is 0 Å². The van der Waals surface area contributed by atoms with E-state index >= 15 is 0 Å². The highest BCUT2D eigenvalue weighted by Crippen LogP contribution is 2.29. The van der Waals surface area contributed by atoms with E-state index in [0.717, 1.165) is 0 Å². The van der Waals surface area contributed by atoms with Crippen LogP contribution in [0, 0.1) is 10.1 Å². The van der Waals surface area contributed by atoms with Crippen molar-refractivity contribution in [3.05, 3.63) is 28.3 Å².